The predicted octanol–water partition coefficient (Wildman–Crippen LogP) is 0.283. The topological polar surface area (TPSA) is 49.3 Å². The van der Waals surface area contributed by atoms with E-state index in [0.29, 0.717) is 6.42 Å². The third-order valence-corrected chi connectivity index (χ3v) is 1.40. The molecule has 0 aliphatic carbocycles. The highest BCUT2D eigenvalue weighted by Gasteiger charge is 2.05. The highest BCUT2D eigenvalue weighted by molar-refractivity contribution is 5.75. The average Bonchev–Trinajstić information content (AvgIpc) is 1.99. The van der Waals surface area contributed by atoms with E-state index < -0.39 is 0 Å². The van der Waals surface area contributed by atoms with E-state index in [1.807, 2.05) is 6.92 Å². The van der Waals surface area contributed by atoms with Crippen LogP contribution in [0.25, 0.3) is 0 Å². The van der Waals surface area contributed by atoms with E-state index in [0.717, 1.165) is 6.42 Å². The van der Waals surface area contributed by atoms with Gasteiger partial charge in [0.05, 0.1) is 12.6 Å². The van der Waals surface area contributed by atoms with Gasteiger partial charge in [-0.05, 0) is 6.42 Å². The molecule has 2 N–H and O–H groups in total. The molecule has 0 saturated carbocycles. The van der Waals surface area contributed by atoms with Crippen molar-refractivity contribution in [3.8, 4) is 0 Å². The number of hydrogen-bond donors (Lipinski definition) is 2. The Hall–Kier alpha value is -0.570. The van der Waals surface area contributed by atoms with Gasteiger partial charge in [0, 0.05) is 6.42 Å². The molecule has 0 heterocycles. The van der Waals surface area contributed by atoms with Crippen molar-refractivity contribution in [3.05, 3.63) is 0 Å². The summed E-state index contributed by atoms with van der Waals surface area (Å²) in [4.78, 5) is 10.7. The maximum Gasteiger partial charge on any atom is 0.220 e. The van der Waals surface area contributed by atoms with Gasteiger partial charge in [0.25, 0.3) is 0 Å². The molecule has 10 heavy (non-hydrogen) atoms. The van der Waals surface area contributed by atoms with Gasteiger partial charge in [0.1, 0.15) is 0 Å². The third-order valence-electron chi connectivity index (χ3n) is 1.40. The summed E-state index contributed by atoms with van der Waals surface area (Å²) in [6.45, 7) is 3.75. The van der Waals surface area contributed by atoms with Gasteiger partial charge < -0.3 is 10.4 Å². The molecule has 3 nitrogen and oxygen atoms in total. The summed E-state index contributed by atoms with van der Waals surface area (Å²) in [6.07, 6.45) is 1.26. The van der Waals surface area contributed by atoms with E-state index in [9.17, 15) is 4.79 Å². The molecule has 3 heteroatoms. The van der Waals surface area contributed by atoms with Crippen molar-refractivity contribution in [2.75, 3.05) is 6.61 Å². The van der Waals surface area contributed by atoms with E-state index in [2.05, 4.69) is 5.32 Å². The predicted molar refractivity (Wildman–Crippen MR) is 39.6 cm³/mol. The Bertz CT molecular complexity index is 99.8. The summed E-state index contributed by atoms with van der Waals surface area (Å²) in [5, 5.41) is 11.3. The smallest absolute Gasteiger partial charge is 0.220 e. The SMILES string of the molecule is CCC(=O)N[C@@H](CC)CO. The molecule has 0 aromatic rings. The lowest BCUT2D eigenvalue weighted by molar-refractivity contribution is -0.121. The van der Waals surface area contributed by atoms with Crippen molar-refractivity contribution < 1.29 is 9.90 Å². The van der Waals surface area contributed by atoms with Gasteiger partial charge in [-0.1, -0.05) is 13.8 Å². The van der Waals surface area contributed by atoms with Crippen LogP contribution in [0.2, 0.25) is 0 Å². The lowest BCUT2D eigenvalue weighted by Crippen LogP contribution is -2.36. The fourth-order valence-electron chi connectivity index (χ4n) is 0.607. The van der Waals surface area contributed by atoms with Gasteiger partial charge in [0.15, 0.2) is 0 Å². The maximum absolute atomic E-state index is 10.7. The van der Waals surface area contributed by atoms with Crippen LogP contribution >= 0.6 is 0 Å². The Balaban J connectivity index is 3.52. The zero-order chi connectivity index (χ0) is 7.98. The van der Waals surface area contributed by atoms with Crippen LogP contribution in [0.5, 0.6) is 0 Å². The first-order chi connectivity index (χ1) is 4.74. The molecule has 60 valence electrons. The van der Waals surface area contributed by atoms with Crippen LogP contribution in [0, 0.1) is 0 Å². The Labute approximate surface area is 61.4 Å². The Kier molecular flexibility index (Phi) is 4.94. The van der Waals surface area contributed by atoms with Crippen molar-refractivity contribution >= 4 is 5.91 Å². The van der Waals surface area contributed by atoms with Crippen LogP contribution in [0.4, 0.5) is 0 Å². The van der Waals surface area contributed by atoms with Gasteiger partial charge in [0.2, 0.25) is 5.91 Å². The van der Waals surface area contributed by atoms with Gasteiger partial charge in [-0.25, -0.2) is 0 Å². The van der Waals surface area contributed by atoms with Crippen molar-refractivity contribution in [2.24, 2.45) is 0 Å². The van der Waals surface area contributed by atoms with Crippen LogP contribution < -0.4 is 5.32 Å². The minimum atomic E-state index is -0.0625. The molecule has 0 bridgehead atoms. The number of amides is 1. The number of rotatable bonds is 4. The Morgan fingerprint density at radius 1 is 1.60 bits per heavy atom. The van der Waals surface area contributed by atoms with Gasteiger partial charge in [-0.15, -0.1) is 0 Å². The molecular formula is C7H15NO2. The lowest BCUT2D eigenvalue weighted by atomic mass is 10.2. The van der Waals surface area contributed by atoms with Crippen molar-refractivity contribution in [2.45, 2.75) is 32.7 Å². The molecule has 0 saturated heterocycles. The summed E-state index contributed by atoms with van der Waals surface area (Å²) in [6, 6.07) is -0.0625. The molecule has 0 aromatic heterocycles. The molecule has 0 aliphatic rings. The minimum Gasteiger partial charge on any atom is -0.394 e. The number of hydrogen-bond acceptors (Lipinski definition) is 2. The van der Waals surface area contributed by atoms with Gasteiger partial charge in [-0.2, -0.15) is 0 Å². The highest BCUT2D eigenvalue weighted by Crippen LogP contribution is 1.89. The van der Waals surface area contributed by atoms with Gasteiger partial charge >= 0.3 is 0 Å². The summed E-state index contributed by atoms with van der Waals surface area (Å²) >= 11 is 0. The Morgan fingerprint density at radius 3 is 2.50 bits per heavy atom. The van der Waals surface area contributed by atoms with Crippen LogP contribution in [-0.2, 0) is 4.79 Å². The number of carbonyl (C=O) groups is 1. The van der Waals surface area contributed by atoms with Crippen molar-refractivity contribution in [3.63, 3.8) is 0 Å². The van der Waals surface area contributed by atoms with Crippen molar-refractivity contribution in [1.82, 2.24) is 5.32 Å². The van der Waals surface area contributed by atoms with Crippen LogP contribution in [0.3, 0.4) is 0 Å². The number of aliphatic hydroxyl groups excluding tert-OH is 1. The third kappa shape index (κ3) is 3.45. The second kappa shape index (κ2) is 5.23. The summed E-state index contributed by atoms with van der Waals surface area (Å²) in [7, 11) is 0. The van der Waals surface area contributed by atoms with Gasteiger partial charge in [-0.3, -0.25) is 4.79 Å². The molecule has 0 spiro atoms. The number of nitrogens with one attached hydrogen (secondary N) is 1. The second-order valence-corrected chi connectivity index (χ2v) is 2.21. The average molecular weight is 145 g/mol. The largest absolute Gasteiger partial charge is 0.394 e. The maximum atomic E-state index is 10.7. The fraction of sp³-hybridized carbons (Fsp3) is 0.857. The summed E-state index contributed by atoms with van der Waals surface area (Å²) in [5.74, 6) is 0.000833. The first kappa shape index (κ1) is 9.43. The van der Waals surface area contributed by atoms with Crippen molar-refractivity contribution in [1.29, 1.82) is 0 Å². The zero-order valence-corrected chi connectivity index (χ0v) is 6.55. The number of aliphatic hydroxyl groups is 1. The first-order valence-electron chi connectivity index (χ1n) is 3.64. The molecule has 0 rings (SSSR count). The normalized spacial score (nSPS) is 12.7. The molecule has 0 aromatic carbocycles. The van der Waals surface area contributed by atoms with E-state index in [1.165, 1.54) is 0 Å². The number of carbonyl (C=O) groups excluding carboxylic acids is 1. The van der Waals surface area contributed by atoms with E-state index in [1.54, 1.807) is 6.92 Å². The molecule has 0 radical (unpaired) electrons. The standard InChI is InChI=1S/C7H15NO2/c1-3-6(5-9)8-7(10)4-2/h6,9H,3-5H2,1-2H3,(H,8,10)/t6-/m0/s1. The highest BCUT2D eigenvalue weighted by atomic mass is 16.3. The molecule has 0 fully saturated rings. The van der Waals surface area contributed by atoms with E-state index >= 15 is 0 Å². The van der Waals surface area contributed by atoms with Crippen LogP contribution in [0.15, 0.2) is 0 Å². The second-order valence-electron chi connectivity index (χ2n) is 2.21. The molecule has 1 atom stereocenters. The molecule has 0 aliphatic heterocycles. The fourth-order valence-corrected chi connectivity index (χ4v) is 0.607. The molecule has 1 amide bonds. The summed E-state index contributed by atoms with van der Waals surface area (Å²) < 4.78 is 0. The minimum absolute atomic E-state index is 0.000833. The molecule has 0 unspecified atom stereocenters. The van der Waals surface area contributed by atoms with E-state index in [-0.39, 0.29) is 18.6 Å². The van der Waals surface area contributed by atoms with Crippen LogP contribution in [-0.4, -0.2) is 23.7 Å². The van der Waals surface area contributed by atoms with E-state index in [4.69, 9.17) is 5.11 Å². The monoisotopic (exact) mass is 145 g/mol. The molecular weight excluding hydrogens is 130 g/mol. The first-order valence-corrected chi connectivity index (χ1v) is 3.64. The van der Waals surface area contributed by atoms with Crippen LogP contribution in [0.1, 0.15) is 26.7 Å². The lowest BCUT2D eigenvalue weighted by Gasteiger charge is -2.12. The quantitative estimate of drug-likeness (QED) is 0.597. The Morgan fingerprint density at radius 2 is 2.20 bits per heavy atom. The summed E-state index contributed by atoms with van der Waals surface area (Å²) in [5.41, 5.74) is 0. The zero-order valence-electron chi connectivity index (χ0n) is 6.55.